The molecule has 0 saturated carbocycles. The highest BCUT2D eigenvalue weighted by Gasteiger charge is 2.26. The SMILES string of the molecule is COc1ccc([C@@H](NC(=O)N2CCc3c([nH]c4ccccc34)C2)C(C)C)cc1. The van der Waals surface area contributed by atoms with Crippen LogP contribution in [0.1, 0.15) is 36.7 Å². The van der Waals surface area contributed by atoms with E-state index in [9.17, 15) is 4.79 Å². The lowest BCUT2D eigenvalue weighted by atomic mass is 9.96. The van der Waals surface area contributed by atoms with Crippen molar-refractivity contribution in [2.75, 3.05) is 13.7 Å². The smallest absolute Gasteiger partial charge is 0.318 e. The number of H-pyrrole nitrogens is 1. The third kappa shape index (κ3) is 3.44. The lowest BCUT2D eigenvalue weighted by Crippen LogP contribution is -2.45. The number of hydrogen-bond donors (Lipinski definition) is 2. The lowest BCUT2D eigenvalue weighted by molar-refractivity contribution is 0.184. The molecule has 0 saturated heterocycles. The first-order valence-electron chi connectivity index (χ1n) is 9.84. The van der Waals surface area contributed by atoms with Crippen LogP contribution in [0.5, 0.6) is 5.75 Å². The molecule has 28 heavy (non-hydrogen) atoms. The molecule has 5 heteroatoms. The number of urea groups is 1. The van der Waals surface area contributed by atoms with Crippen LogP contribution in [-0.4, -0.2) is 29.6 Å². The molecule has 0 aliphatic carbocycles. The molecule has 3 aromatic rings. The molecular formula is C23H27N3O2. The van der Waals surface area contributed by atoms with Gasteiger partial charge in [-0.3, -0.25) is 0 Å². The predicted octanol–water partition coefficient (Wildman–Crippen LogP) is 4.64. The van der Waals surface area contributed by atoms with Crippen molar-refractivity contribution in [3.8, 4) is 5.75 Å². The molecule has 0 unspecified atom stereocenters. The van der Waals surface area contributed by atoms with Crippen molar-refractivity contribution in [2.24, 2.45) is 5.92 Å². The molecule has 1 aliphatic heterocycles. The maximum atomic E-state index is 13.0. The number of para-hydroxylation sites is 1. The highest BCUT2D eigenvalue weighted by atomic mass is 16.5. The summed E-state index contributed by atoms with van der Waals surface area (Å²) in [6.45, 7) is 5.60. The summed E-state index contributed by atoms with van der Waals surface area (Å²) >= 11 is 0. The van der Waals surface area contributed by atoms with Crippen LogP contribution in [0.25, 0.3) is 10.9 Å². The monoisotopic (exact) mass is 377 g/mol. The molecule has 1 aromatic heterocycles. The Morgan fingerprint density at radius 1 is 1.14 bits per heavy atom. The second kappa shape index (κ2) is 7.58. The molecule has 0 spiro atoms. The van der Waals surface area contributed by atoms with Gasteiger partial charge in [-0.1, -0.05) is 44.2 Å². The van der Waals surface area contributed by atoms with E-state index in [-0.39, 0.29) is 18.0 Å². The van der Waals surface area contributed by atoms with E-state index in [0.717, 1.165) is 35.5 Å². The minimum atomic E-state index is -0.0393. The van der Waals surface area contributed by atoms with Gasteiger partial charge in [0.15, 0.2) is 0 Å². The molecule has 0 radical (unpaired) electrons. The van der Waals surface area contributed by atoms with E-state index in [2.05, 4.69) is 42.3 Å². The average Bonchev–Trinajstić information content (AvgIpc) is 3.09. The highest BCUT2D eigenvalue weighted by Crippen LogP contribution is 2.28. The van der Waals surface area contributed by atoms with Gasteiger partial charge in [0, 0.05) is 23.1 Å². The summed E-state index contributed by atoms with van der Waals surface area (Å²) < 4.78 is 5.24. The van der Waals surface area contributed by atoms with Crippen molar-refractivity contribution in [3.63, 3.8) is 0 Å². The fourth-order valence-corrected chi connectivity index (χ4v) is 4.04. The summed E-state index contributed by atoms with van der Waals surface area (Å²) in [7, 11) is 1.66. The van der Waals surface area contributed by atoms with E-state index in [1.54, 1.807) is 7.11 Å². The summed E-state index contributed by atoms with van der Waals surface area (Å²) in [5, 5.41) is 4.51. The van der Waals surface area contributed by atoms with E-state index < -0.39 is 0 Å². The number of nitrogens with zero attached hydrogens (tertiary/aromatic N) is 1. The molecule has 0 fully saturated rings. The summed E-state index contributed by atoms with van der Waals surface area (Å²) in [4.78, 5) is 18.4. The van der Waals surface area contributed by atoms with Gasteiger partial charge >= 0.3 is 6.03 Å². The molecule has 146 valence electrons. The number of hydrogen-bond acceptors (Lipinski definition) is 2. The van der Waals surface area contributed by atoms with Gasteiger partial charge in [0.1, 0.15) is 5.75 Å². The quantitative estimate of drug-likeness (QED) is 0.696. The lowest BCUT2D eigenvalue weighted by Gasteiger charge is -2.31. The van der Waals surface area contributed by atoms with Gasteiger partial charge in [-0.15, -0.1) is 0 Å². The number of ether oxygens (including phenoxy) is 1. The Bertz CT molecular complexity index is 975. The van der Waals surface area contributed by atoms with Crippen LogP contribution in [0.2, 0.25) is 0 Å². The minimum absolute atomic E-state index is 0.0150. The number of fused-ring (bicyclic) bond motifs is 3. The van der Waals surface area contributed by atoms with Crippen LogP contribution in [-0.2, 0) is 13.0 Å². The third-order valence-electron chi connectivity index (χ3n) is 5.59. The second-order valence-corrected chi connectivity index (χ2v) is 7.74. The molecule has 1 aliphatic rings. The van der Waals surface area contributed by atoms with E-state index in [4.69, 9.17) is 4.74 Å². The number of methoxy groups -OCH3 is 1. The molecule has 2 amide bonds. The zero-order valence-corrected chi connectivity index (χ0v) is 16.7. The Hall–Kier alpha value is -2.95. The van der Waals surface area contributed by atoms with Gasteiger partial charge < -0.3 is 19.9 Å². The number of aromatic amines is 1. The predicted molar refractivity (Wildman–Crippen MR) is 112 cm³/mol. The fraction of sp³-hybridized carbons (Fsp3) is 0.348. The molecular weight excluding hydrogens is 350 g/mol. The highest BCUT2D eigenvalue weighted by molar-refractivity contribution is 5.85. The summed E-state index contributed by atoms with van der Waals surface area (Å²) in [6, 6.07) is 16.2. The van der Waals surface area contributed by atoms with Gasteiger partial charge in [0.25, 0.3) is 0 Å². The summed E-state index contributed by atoms with van der Waals surface area (Å²) in [5.41, 5.74) is 4.73. The van der Waals surface area contributed by atoms with Crippen molar-refractivity contribution >= 4 is 16.9 Å². The first-order valence-corrected chi connectivity index (χ1v) is 9.84. The van der Waals surface area contributed by atoms with Crippen molar-refractivity contribution in [3.05, 3.63) is 65.4 Å². The van der Waals surface area contributed by atoms with Crippen molar-refractivity contribution < 1.29 is 9.53 Å². The van der Waals surface area contributed by atoms with Crippen LogP contribution in [0.4, 0.5) is 4.79 Å². The molecule has 2 aromatic carbocycles. The summed E-state index contributed by atoms with van der Waals surface area (Å²) in [5.74, 6) is 1.10. The maximum absolute atomic E-state index is 13.0. The maximum Gasteiger partial charge on any atom is 0.318 e. The number of nitrogens with one attached hydrogen (secondary N) is 2. The van der Waals surface area contributed by atoms with Gasteiger partial charge in [-0.2, -0.15) is 0 Å². The summed E-state index contributed by atoms with van der Waals surface area (Å²) in [6.07, 6.45) is 0.877. The first kappa shape index (κ1) is 18.4. The molecule has 0 bridgehead atoms. The van der Waals surface area contributed by atoms with E-state index >= 15 is 0 Å². The Morgan fingerprint density at radius 2 is 1.89 bits per heavy atom. The largest absolute Gasteiger partial charge is 0.497 e. The number of carbonyl (C=O) groups is 1. The Balaban J connectivity index is 1.50. The second-order valence-electron chi connectivity index (χ2n) is 7.74. The molecule has 2 N–H and O–H groups in total. The topological polar surface area (TPSA) is 57.4 Å². The number of carbonyl (C=O) groups excluding carboxylic acids is 1. The molecule has 1 atom stereocenters. The van der Waals surface area contributed by atoms with Crippen molar-refractivity contribution in [1.82, 2.24) is 15.2 Å². The third-order valence-corrected chi connectivity index (χ3v) is 5.59. The number of rotatable bonds is 4. The molecule has 2 heterocycles. The molecule has 4 rings (SSSR count). The standard InChI is InChI=1S/C23H27N3O2/c1-15(2)22(16-8-10-17(28-3)11-9-16)25-23(27)26-13-12-19-18-6-4-5-7-20(18)24-21(19)14-26/h4-11,15,22,24H,12-14H2,1-3H3,(H,25,27)/t22-/m0/s1. The van der Waals surface area contributed by atoms with Gasteiger partial charge in [-0.25, -0.2) is 4.79 Å². The van der Waals surface area contributed by atoms with Crippen molar-refractivity contribution in [1.29, 1.82) is 0 Å². The Kier molecular flexibility index (Phi) is 4.99. The van der Waals surface area contributed by atoms with E-state index in [1.807, 2.05) is 35.2 Å². The van der Waals surface area contributed by atoms with Gasteiger partial charge in [0.05, 0.1) is 19.7 Å². The Labute approximate surface area is 165 Å². The Morgan fingerprint density at radius 3 is 2.61 bits per heavy atom. The minimum Gasteiger partial charge on any atom is -0.497 e. The normalized spacial score (nSPS) is 14.8. The number of amides is 2. The van der Waals surface area contributed by atoms with Gasteiger partial charge in [0.2, 0.25) is 0 Å². The molecule has 5 nitrogen and oxygen atoms in total. The number of benzene rings is 2. The van der Waals surface area contributed by atoms with E-state index in [1.165, 1.54) is 10.9 Å². The van der Waals surface area contributed by atoms with Crippen LogP contribution >= 0.6 is 0 Å². The van der Waals surface area contributed by atoms with Crippen LogP contribution in [0.3, 0.4) is 0 Å². The van der Waals surface area contributed by atoms with Crippen LogP contribution < -0.4 is 10.1 Å². The van der Waals surface area contributed by atoms with E-state index in [0.29, 0.717) is 6.54 Å². The van der Waals surface area contributed by atoms with Crippen LogP contribution in [0, 0.1) is 5.92 Å². The number of aromatic nitrogens is 1. The van der Waals surface area contributed by atoms with Crippen molar-refractivity contribution in [2.45, 2.75) is 32.9 Å². The fourth-order valence-electron chi connectivity index (χ4n) is 4.04. The first-order chi connectivity index (χ1) is 13.6. The van der Waals surface area contributed by atoms with Gasteiger partial charge in [-0.05, 0) is 41.7 Å². The zero-order chi connectivity index (χ0) is 19.7. The average molecular weight is 377 g/mol. The van der Waals surface area contributed by atoms with Crippen LogP contribution in [0.15, 0.2) is 48.5 Å². The zero-order valence-electron chi connectivity index (χ0n) is 16.7.